The average molecular weight is 453 g/mol. The van der Waals surface area contributed by atoms with Crippen molar-refractivity contribution in [3.8, 4) is 11.3 Å². The van der Waals surface area contributed by atoms with Crippen LogP contribution < -0.4 is 16.6 Å². The number of aromatic nitrogens is 2. The van der Waals surface area contributed by atoms with Crippen LogP contribution in [-0.2, 0) is 6.54 Å². The molecule has 0 unspecified atom stereocenters. The van der Waals surface area contributed by atoms with Crippen LogP contribution in [0.25, 0.3) is 22.2 Å². The Morgan fingerprint density at radius 2 is 1.97 bits per heavy atom. The molecule has 0 aliphatic carbocycles. The van der Waals surface area contributed by atoms with E-state index in [-0.39, 0.29) is 16.9 Å². The van der Waals surface area contributed by atoms with Crippen molar-refractivity contribution in [3.05, 3.63) is 57.8 Å². The molecule has 1 saturated heterocycles. The van der Waals surface area contributed by atoms with Crippen molar-refractivity contribution in [3.63, 3.8) is 0 Å². The first-order chi connectivity index (χ1) is 15.9. The van der Waals surface area contributed by atoms with Gasteiger partial charge in [-0.3, -0.25) is 14.5 Å². The molecule has 0 atom stereocenters. The number of nitrogens with two attached hydrogens (primary N) is 1. The topological polar surface area (TPSA) is 107 Å². The molecule has 2 aromatic heterocycles. The maximum atomic E-state index is 14.9. The van der Waals surface area contributed by atoms with E-state index in [0.29, 0.717) is 29.6 Å². The fourth-order valence-electron chi connectivity index (χ4n) is 4.09. The number of nitrogens with one attached hydrogen (secondary N) is 2. The van der Waals surface area contributed by atoms with Gasteiger partial charge in [-0.1, -0.05) is 25.1 Å². The summed E-state index contributed by atoms with van der Waals surface area (Å²) in [5.41, 5.74) is 7.23. The van der Waals surface area contributed by atoms with E-state index in [4.69, 9.17) is 5.73 Å². The highest BCUT2D eigenvalue weighted by Crippen LogP contribution is 2.31. The van der Waals surface area contributed by atoms with Crippen molar-refractivity contribution in [1.82, 2.24) is 25.1 Å². The number of pyridine rings is 2. The van der Waals surface area contributed by atoms with Crippen LogP contribution in [0.1, 0.15) is 29.4 Å². The summed E-state index contributed by atoms with van der Waals surface area (Å²) in [6.45, 7) is 6.77. The Balaban J connectivity index is 1.74. The molecule has 1 amide bonds. The Bertz CT molecular complexity index is 1230. The maximum Gasteiger partial charge on any atom is 0.263 e. The lowest BCUT2D eigenvalue weighted by Crippen LogP contribution is -2.44. The van der Waals surface area contributed by atoms with Crippen molar-refractivity contribution in [2.45, 2.75) is 19.9 Å². The van der Waals surface area contributed by atoms with Crippen LogP contribution >= 0.6 is 0 Å². The van der Waals surface area contributed by atoms with Crippen LogP contribution in [-0.4, -0.2) is 65.4 Å². The number of hydrogen-bond acceptors (Lipinski definition) is 6. The Morgan fingerprint density at radius 3 is 2.70 bits per heavy atom. The molecule has 33 heavy (non-hydrogen) atoms. The van der Waals surface area contributed by atoms with Gasteiger partial charge >= 0.3 is 0 Å². The van der Waals surface area contributed by atoms with Crippen LogP contribution in [0.3, 0.4) is 0 Å². The number of aromatic amines is 1. The van der Waals surface area contributed by atoms with Gasteiger partial charge in [0.2, 0.25) is 0 Å². The number of amides is 1. The first kappa shape index (κ1) is 22.9. The predicted molar refractivity (Wildman–Crippen MR) is 128 cm³/mol. The molecule has 8 nitrogen and oxygen atoms in total. The molecule has 0 radical (unpaired) electrons. The Labute approximate surface area is 191 Å². The van der Waals surface area contributed by atoms with Crippen molar-refractivity contribution in [1.29, 1.82) is 0 Å². The highest BCUT2D eigenvalue weighted by atomic mass is 19.1. The summed E-state index contributed by atoms with van der Waals surface area (Å²) in [5, 5.41) is 3.15. The van der Waals surface area contributed by atoms with Crippen LogP contribution in [0.2, 0.25) is 0 Å². The monoisotopic (exact) mass is 452 g/mol. The minimum Gasteiger partial charge on any atom is -0.397 e. The van der Waals surface area contributed by atoms with Crippen molar-refractivity contribution in [2.75, 3.05) is 45.5 Å². The number of rotatable bonds is 6. The van der Waals surface area contributed by atoms with E-state index in [1.165, 1.54) is 6.07 Å². The predicted octanol–water partition coefficient (Wildman–Crippen LogP) is 2.20. The van der Waals surface area contributed by atoms with E-state index in [9.17, 15) is 14.0 Å². The molecule has 1 fully saturated rings. The lowest BCUT2D eigenvalue weighted by molar-refractivity contribution is 0.0953. The second kappa shape index (κ2) is 9.68. The molecule has 9 heteroatoms. The number of benzene rings is 1. The number of likely N-dealkylation sites (N-methyl/N-ethyl adjacent to an activating group) is 1. The molecule has 3 aromatic rings. The number of hydrogen-bond donors (Lipinski definition) is 3. The summed E-state index contributed by atoms with van der Waals surface area (Å²) in [5.74, 6) is -1.02. The van der Waals surface area contributed by atoms with Gasteiger partial charge in [-0.2, -0.15) is 0 Å². The molecule has 1 aliphatic heterocycles. The van der Waals surface area contributed by atoms with Gasteiger partial charge in [0, 0.05) is 50.2 Å². The lowest BCUT2D eigenvalue weighted by atomic mass is 10.0. The highest BCUT2D eigenvalue weighted by molar-refractivity contribution is 6.08. The zero-order valence-electron chi connectivity index (χ0n) is 18.9. The first-order valence-electron chi connectivity index (χ1n) is 11.2. The fraction of sp³-hybridized carbons (Fsp3) is 0.375. The number of halogens is 1. The summed E-state index contributed by atoms with van der Waals surface area (Å²) in [6, 6.07) is 8.21. The molecule has 0 saturated carbocycles. The molecule has 4 rings (SSSR count). The van der Waals surface area contributed by atoms with Crippen LogP contribution in [0.5, 0.6) is 0 Å². The first-order valence-corrected chi connectivity index (χ1v) is 11.2. The van der Waals surface area contributed by atoms with E-state index in [2.05, 4.69) is 32.1 Å². The molecule has 1 aromatic carbocycles. The zero-order valence-corrected chi connectivity index (χ0v) is 18.9. The summed E-state index contributed by atoms with van der Waals surface area (Å²) >= 11 is 0. The van der Waals surface area contributed by atoms with Gasteiger partial charge in [0.05, 0.1) is 16.9 Å². The molecular weight excluding hydrogens is 423 g/mol. The summed E-state index contributed by atoms with van der Waals surface area (Å²) < 4.78 is 14.9. The van der Waals surface area contributed by atoms with Gasteiger partial charge in [-0.25, -0.2) is 9.37 Å². The summed E-state index contributed by atoms with van der Waals surface area (Å²) in [7, 11) is 2.09. The lowest BCUT2D eigenvalue weighted by Gasteiger charge is -2.32. The van der Waals surface area contributed by atoms with Crippen LogP contribution in [0, 0.1) is 5.82 Å². The Kier molecular flexibility index (Phi) is 6.71. The number of fused-ring (bicyclic) bond motifs is 1. The molecule has 174 valence electrons. The standard InChI is InChI=1S/C24H29FN6O2/c1-3-9-27-23(32)19-20(26)16-5-4-6-17(21(16)29-24(19)33)22-18(25)8-7-15(28-22)14-31-12-10-30(2)11-13-31/h4-8H,3,9-14H2,1-2H3,(H,27,32)(H3,26,29,33). The Morgan fingerprint density at radius 1 is 1.21 bits per heavy atom. The van der Waals surface area contributed by atoms with E-state index in [1.807, 2.05) is 6.92 Å². The van der Waals surface area contributed by atoms with Crippen LogP contribution in [0.15, 0.2) is 35.1 Å². The fourth-order valence-corrected chi connectivity index (χ4v) is 4.09. The van der Waals surface area contributed by atoms with E-state index in [1.54, 1.807) is 24.3 Å². The number of piperazine rings is 1. The maximum absolute atomic E-state index is 14.9. The number of carbonyl (C=O) groups excluding carboxylic acids is 1. The van der Waals surface area contributed by atoms with Gasteiger partial charge in [-0.15, -0.1) is 0 Å². The second-order valence-electron chi connectivity index (χ2n) is 8.44. The number of nitrogens with zero attached hydrogens (tertiary/aromatic N) is 3. The molecule has 0 bridgehead atoms. The molecule has 3 heterocycles. The van der Waals surface area contributed by atoms with Crippen LogP contribution in [0.4, 0.5) is 10.1 Å². The molecule has 4 N–H and O–H groups in total. The van der Waals surface area contributed by atoms with Crippen molar-refractivity contribution >= 4 is 22.5 Å². The molecular formula is C24H29FN6O2. The number of carbonyl (C=O) groups is 1. The number of para-hydroxylation sites is 1. The smallest absolute Gasteiger partial charge is 0.263 e. The number of nitrogen functional groups attached to an aromatic ring is 1. The third-order valence-corrected chi connectivity index (χ3v) is 5.99. The third-order valence-electron chi connectivity index (χ3n) is 5.99. The van der Waals surface area contributed by atoms with Gasteiger partial charge in [-0.05, 0) is 25.6 Å². The Hall–Kier alpha value is -3.30. The second-order valence-corrected chi connectivity index (χ2v) is 8.44. The summed E-state index contributed by atoms with van der Waals surface area (Å²) in [6.07, 6.45) is 0.733. The van der Waals surface area contributed by atoms with Gasteiger partial charge < -0.3 is 20.9 Å². The van der Waals surface area contributed by atoms with E-state index in [0.717, 1.165) is 38.3 Å². The largest absolute Gasteiger partial charge is 0.397 e. The summed E-state index contributed by atoms with van der Waals surface area (Å²) in [4.78, 5) is 37.1. The third kappa shape index (κ3) is 4.74. The number of anilines is 1. The zero-order chi connectivity index (χ0) is 23.5. The van der Waals surface area contributed by atoms with Gasteiger partial charge in [0.1, 0.15) is 17.1 Å². The molecule has 0 spiro atoms. The number of H-pyrrole nitrogens is 1. The normalized spacial score (nSPS) is 15.1. The van der Waals surface area contributed by atoms with Crippen molar-refractivity contribution in [2.24, 2.45) is 0 Å². The minimum atomic E-state index is -0.616. The average Bonchev–Trinajstić information content (AvgIpc) is 2.80. The van der Waals surface area contributed by atoms with Crippen molar-refractivity contribution < 1.29 is 9.18 Å². The van der Waals surface area contributed by atoms with Gasteiger partial charge in [0.25, 0.3) is 11.5 Å². The minimum absolute atomic E-state index is 0.0678. The highest BCUT2D eigenvalue weighted by Gasteiger charge is 2.21. The van der Waals surface area contributed by atoms with E-state index < -0.39 is 17.3 Å². The SMILES string of the molecule is CCCNC(=O)c1c(N)c2cccc(-c3nc(CN4CCN(C)CC4)ccc3F)c2[nH]c1=O. The van der Waals surface area contributed by atoms with E-state index >= 15 is 0 Å². The molecule has 1 aliphatic rings. The quantitative estimate of drug-likeness (QED) is 0.529. The van der Waals surface area contributed by atoms with Gasteiger partial charge in [0.15, 0.2) is 0 Å².